The molecule has 21 saturated heterocycles. The van der Waals surface area contributed by atoms with Crippen LogP contribution >= 0.6 is 0 Å². The van der Waals surface area contributed by atoms with Gasteiger partial charge < -0.3 is 184 Å². The average Bonchev–Trinajstić information content (AvgIpc) is 1.96. The van der Waals surface area contributed by atoms with Crippen LogP contribution in [-0.2, 0) is 71.1 Å². The van der Waals surface area contributed by atoms with Crippen LogP contribution in [0.5, 0.6) is 0 Å². The van der Waals surface area contributed by atoms with Crippen LogP contribution in [0.1, 0.15) is 12.8 Å². The smallest absolute Gasteiger partial charge is 0.303 e. The monoisotopic (exact) mass is 1240 g/mol. The van der Waals surface area contributed by atoms with Crippen LogP contribution in [0.4, 0.5) is 0 Å². The van der Waals surface area contributed by atoms with Crippen molar-refractivity contribution in [3.63, 3.8) is 0 Å². The van der Waals surface area contributed by atoms with Gasteiger partial charge in [0.2, 0.25) is 0 Å². The van der Waals surface area contributed by atoms with Crippen molar-refractivity contribution >= 4 is 5.97 Å². The Morgan fingerprint density at radius 1 is 0.238 bits per heavy atom. The molecule has 0 amide bonds. The van der Waals surface area contributed by atoms with Gasteiger partial charge in [-0.15, -0.1) is 0 Å². The maximum absolute atomic E-state index is 11.3. The number of carboxylic acids is 1. The third kappa shape index (κ3) is 14.8. The molecule has 84 heavy (non-hydrogen) atoms. The maximum Gasteiger partial charge on any atom is 0.303 e. The molecule has 0 spiro atoms. The molecule has 0 radical (unpaired) electrons. The number of hydrogen-bond acceptors (Lipinski definition) is 37. The van der Waals surface area contributed by atoms with E-state index in [1.54, 1.807) is 0 Å². The van der Waals surface area contributed by atoms with E-state index in [1.165, 1.54) is 0 Å². The lowest BCUT2D eigenvalue weighted by molar-refractivity contribution is -0.396. The van der Waals surface area contributed by atoms with Crippen molar-refractivity contribution < 1.29 is 189 Å². The van der Waals surface area contributed by atoms with E-state index in [9.17, 15) is 112 Å². The number of rotatable bonds is 10. The minimum atomic E-state index is -2.21. The largest absolute Gasteiger partial charge is 0.481 e. The standard InChI is InChI=1S/C42H70O35.C4H8O3/c43-1-8-29-15(50)22(57)36(64-8)72-30-9(2-44)66-38(24(59)17(30)52)74-32-11(4-46)68-40(26(61)19(32)54)76-34-13(6-48)70-42(28(63)21(34)56)77-35-14(7-49)69-41(27(62)20(35)55)75-33-12(5-47)67-39(25(60)18(33)53)73-31-10(3-45)65-37(71-29)23(58)16(31)51;5-3-1-2-4(6)7/h8-63H,1-7H2;5H,1-3H2,(H,6,7)/t8-,9-,10-,11-,12-,13-,14-,15-,16-,17-,18-,19-,20-,21-,22-,23-,24-,25-,26-,27-,28-,29-,30-,31-,32-,33-,34-,35-,36-,37-,38-,39-,40-,41-,42-;/m1./s1. The lowest BCUT2D eigenvalue weighted by atomic mass is 9.95. The Bertz CT molecular complexity index is 1620. The molecule has 21 fully saturated rings. The van der Waals surface area contributed by atoms with Gasteiger partial charge in [-0.1, -0.05) is 0 Å². The van der Waals surface area contributed by atoms with Crippen LogP contribution in [-0.4, -0.2) is 391 Å². The number of hydrogen-bond donors (Lipinski definition) is 23. The first-order valence-corrected chi connectivity index (χ1v) is 26.7. The van der Waals surface area contributed by atoms with Gasteiger partial charge in [0.1, 0.15) is 171 Å². The molecule has 23 N–H and O–H groups in total. The van der Waals surface area contributed by atoms with Gasteiger partial charge in [0.05, 0.1) is 46.2 Å². The highest BCUT2D eigenvalue weighted by atomic mass is 16.8. The van der Waals surface area contributed by atoms with Gasteiger partial charge in [0.15, 0.2) is 44.0 Å². The second kappa shape index (κ2) is 30.7. The molecule has 21 aliphatic heterocycles. The molecule has 21 aliphatic rings. The van der Waals surface area contributed by atoms with E-state index in [0.29, 0.717) is 6.42 Å². The number of aliphatic carboxylic acids is 1. The average molecular weight is 1240 g/mol. The Morgan fingerprint density at radius 3 is 0.476 bits per heavy atom. The number of aliphatic hydroxyl groups is 22. The quantitative estimate of drug-likeness (QED) is 0.0966. The molecule has 0 aromatic carbocycles. The molecule has 38 nitrogen and oxygen atoms in total. The van der Waals surface area contributed by atoms with Crippen molar-refractivity contribution in [1.82, 2.24) is 0 Å². The third-order valence-corrected chi connectivity index (χ3v) is 15.3. The van der Waals surface area contributed by atoms with Crippen molar-refractivity contribution in [2.75, 3.05) is 52.9 Å². The van der Waals surface area contributed by atoms with Crippen LogP contribution in [0.25, 0.3) is 0 Å². The van der Waals surface area contributed by atoms with E-state index < -0.39 is 267 Å². The summed E-state index contributed by atoms with van der Waals surface area (Å²) in [7, 11) is 0. The van der Waals surface area contributed by atoms with Gasteiger partial charge in [-0.2, -0.15) is 0 Å². The summed E-state index contributed by atoms with van der Waals surface area (Å²) < 4.78 is 79.5. The zero-order valence-corrected chi connectivity index (χ0v) is 44.2. The summed E-state index contributed by atoms with van der Waals surface area (Å²) in [5.74, 6) is -0.853. The molecule has 0 saturated carbocycles. The van der Waals surface area contributed by atoms with Gasteiger partial charge in [-0.3, -0.25) is 4.79 Å². The zero-order valence-electron chi connectivity index (χ0n) is 44.2. The molecule has 38 heteroatoms. The first-order valence-electron chi connectivity index (χ1n) is 26.7. The predicted octanol–water partition coefficient (Wildman–Crippen LogP) is -15.4. The second-order valence-corrected chi connectivity index (χ2v) is 20.9. The summed E-state index contributed by atoms with van der Waals surface area (Å²) in [4.78, 5) is 9.65. The summed E-state index contributed by atoms with van der Waals surface area (Å²) in [6.07, 6.45) is -69.8. The van der Waals surface area contributed by atoms with E-state index in [0.717, 1.165) is 0 Å². The minimum absolute atomic E-state index is 0.0354. The highest BCUT2D eigenvalue weighted by Crippen LogP contribution is 2.39. The molecule has 21 rings (SSSR count). The summed E-state index contributed by atoms with van der Waals surface area (Å²) in [6.45, 7) is -7.36. The van der Waals surface area contributed by atoms with Gasteiger partial charge in [-0.25, -0.2) is 0 Å². The number of carboxylic acid groups (broad SMARTS) is 1. The SMILES string of the molecule is O=C(O)CCCO.OC[C@H]1O[C@@H]2O[C@H]3[C@H](O)[C@@H](O)[C@@H](O[C@H]4[C@H](O)[C@@H](O)[C@@H](O[C@H]5[C@H](O)[C@@H](O)[C@@H](O[C@H]6[C@H](O)[C@@H](O)[C@@H](O[C@H]7[C@H](O)[C@@H](O)[C@@H](O[C@H]8[C@H](O)[C@@H](O)[C@@H](O[C@H]1[C@H](O)[C@H]2O)O[C@@H]8CO)O[C@@H]7CO)O[C@@H]6CO)O[C@@H]5CO)O[C@@H]4CO)O[C@@H]3CO. The fourth-order valence-corrected chi connectivity index (χ4v) is 10.6. The highest BCUT2D eigenvalue weighted by molar-refractivity contribution is 5.66. The van der Waals surface area contributed by atoms with Crippen LogP contribution in [0.2, 0.25) is 0 Å². The Morgan fingerprint density at radius 2 is 0.381 bits per heavy atom. The lowest BCUT2D eigenvalue weighted by Gasteiger charge is -2.50. The van der Waals surface area contributed by atoms with E-state index >= 15 is 0 Å². The summed E-state index contributed by atoms with van der Waals surface area (Å²) in [5.41, 5.74) is 0. The highest BCUT2D eigenvalue weighted by Gasteiger charge is 2.59. The Hall–Kier alpha value is -1.97. The first kappa shape index (κ1) is 69.5. The molecule has 490 valence electrons. The van der Waals surface area contributed by atoms with Crippen molar-refractivity contribution in [3.8, 4) is 0 Å². The van der Waals surface area contributed by atoms with Crippen LogP contribution in [0, 0.1) is 0 Å². The molecule has 0 unspecified atom stereocenters. The number of carbonyl (C=O) groups is 1. The molecule has 0 aliphatic carbocycles. The van der Waals surface area contributed by atoms with Gasteiger partial charge in [0, 0.05) is 13.0 Å². The number of ether oxygens (including phenoxy) is 14. The Labute approximate surface area is 474 Å². The van der Waals surface area contributed by atoms with Gasteiger partial charge in [0.25, 0.3) is 0 Å². The fraction of sp³-hybridized carbons (Fsp3) is 0.978. The molecule has 21 heterocycles. The van der Waals surface area contributed by atoms with Crippen LogP contribution in [0.15, 0.2) is 0 Å². The molecule has 0 aromatic rings. The second-order valence-electron chi connectivity index (χ2n) is 20.9. The molecular weight excluding hydrogens is 1160 g/mol. The van der Waals surface area contributed by atoms with E-state index in [2.05, 4.69) is 0 Å². The van der Waals surface area contributed by atoms with Crippen molar-refractivity contribution in [3.05, 3.63) is 0 Å². The normalized spacial score (nSPS) is 51.5. The minimum Gasteiger partial charge on any atom is -0.481 e. The third-order valence-electron chi connectivity index (χ3n) is 15.3. The zero-order chi connectivity index (χ0) is 61.8. The van der Waals surface area contributed by atoms with Gasteiger partial charge >= 0.3 is 5.97 Å². The summed E-state index contributed by atoms with van der Waals surface area (Å²) in [5, 5.41) is 246. The fourth-order valence-electron chi connectivity index (χ4n) is 10.6. The number of aliphatic hydroxyl groups excluding tert-OH is 22. The van der Waals surface area contributed by atoms with E-state index in [-0.39, 0.29) is 13.0 Å². The van der Waals surface area contributed by atoms with Crippen molar-refractivity contribution in [2.45, 2.75) is 228 Å². The van der Waals surface area contributed by atoms with E-state index in [4.69, 9.17) is 76.5 Å². The Kier molecular flexibility index (Phi) is 25.4. The molecule has 14 bridgehead atoms. The van der Waals surface area contributed by atoms with Crippen LogP contribution in [0.3, 0.4) is 0 Å². The molecular formula is C46H78O38. The lowest BCUT2D eigenvalue weighted by Crippen LogP contribution is -2.68. The van der Waals surface area contributed by atoms with Crippen molar-refractivity contribution in [2.24, 2.45) is 0 Å². The predicted molar refractivity (Wildman–Crippen MR) is 252 cm³/mol. The maximum atomic E-state index is 11.3. The van der Waals surface area contributed by atoms with Crippen molar-refractivity contribution in [1.29, 1.82) is 0 Å². The van der Waals surface area contributed by atoms with Gasteiger partial charge in [-0.05, 0) is 6.42 Å². The summed E-state index contributed by atoms with van der Waals surface area (Å²) >= 11 is 0. The molecule has 35 atom stereocenters. The summed E-state index contributed by atoms with van der Waals surface area (Å²) in [6, 6.07) is 0. The van der Waals surface area contributed by atoms with Crippen LogP contribution < -0.4 is 0 Å². The van der Waals surface area contributed by atoms with E-state index in [1.807, 2.05) is 0 Å². The first-order chi connectivity index (χ1) is 39.9. The Balaban J connectivity index is 0.00000136. The molecule has 0 aromatic heterocycles. The topological polar surface area (TPSA) is 612 Å².